The zero-order chi connectivity index (χ0) is 15.8. The topological polar surface area (TPSA) is 66.0 Å². The van der Waals surface area contributed by atoms with Gasteiger partial charge in [0.25, 0.3) is 0 Å². The van der Waals surface area contributed by atoms with Crippen LogP contribution < -0.4 is 15.5 Å². The molecular formula is C15H28N6. The standard InChI is InChI=1S/C15H28N6/c1-8-21(9-2)13-19-11(16-7)18-12(20-13)17-10-14(3,4)15(10,5)6/h10H,8-9H2,1-7H3,(H2,16,17,18,19,20). The van der Waals surface area contributed by atoms with E-state index in [1.165, 1.54) is 0 Å². The highest BCUT2D eigenvalue weighted by Crippen LogP contribution is 2.63. The molecule has 1 aliphatic carbocycles. The van der Waals surface area contributed by atoms with Crippen LogP contribution >= 0.6 is 0 Å². The molecule has 2 rings (SSSR count). The van der Waals surface area contributed by atoms with Gasteiger partial charge in [-0.15, -0.1) is 0 Å². The number of hydrogen-bond acceptors (Lipinski definition) is 6. The molecule has 1 aromatic heterocycles. The normalized spacial score (nSPS) is 19.2. The summed E-state index contributed by atoms with van der Waals surface area (Å²) < 4.78 is 0. The molecule has 1 fully saturated rings. The molecule has 21 heavy (non-hydrogen) atoms. The molecular weight excluding hydrogens is 264 g/mol. The van der Waals surface area contributed by atoms with Crippen molar-refractivity contribution in [2.24, 2.45) is 10.8 Å². The van der Waals surface area contributed by atoms with Crippen molar-refractivity contribution in [3.8, 4) is 0 Å². The number of aromatic nitrogens is 3. The van der Waals surface area contributed by atoms with E-state index in [9.17, 15) is 0 Å². The largest absolute Gasteiger partial charge is 0.357 e. The van der Waals surface area contributed by atoms with Crippen molar-refractivity contribution < 1.29 is 0 Å². The molecule has 0 unspecified atom stereocenters. The van der Waals surface area contributed by atoms with Crippen molar-refractivity contribution in [1.82, 2.24) is 15.0 Å². The Balaban J connectivity index is 2.26. The number of rotatable bonds is 6. The first-order valence-corrected chi connectivity index (χ1v) is 7.73. The number of nitrogens with zero attached hydrogens (tertiary/aromatic N) is 4. The Kier molecular flexibility index (Phi) is 4.00. The predicted molar refractivity (Wildman–Crippen MR) is 87.9 cm³/mol. The van der Waals surface area contributed by atoms with E-state index in [1.807, 2.05) is 7.05 Å². The number of nitrogens with one attached hydrogen (secondary N) is 2. The van der Waals surface area contributed by atoms with E-state index >= 15 is 0 Å². The van der Waals surface area contributed by atoms with Crippen molar-refractivity contribution in [2.45, 2.75) is 47.6 Å². The summed E-state index contributed by atoms with van der Waals surface area (Å²) >= 11 is 0. The van der Waals surface area contributed by atoms with Gasteiger partial charge >= 0.3 is 0 Å². The lowest BCUT2D eigenvalue weighted by Crippen LogP contribution is -2.26. The quantitative estimate of drug-likeness (QED) is 0.840. The van der Waals surface area contributed by atoms with Crippen LogP contribution in [0.25, 0.3) is 0 Å². The molecule has 0 aromatic carbocycles. The molecule has 0 saturated heterocycles. The molecule has 0 amide bonds. The SMILES string of the molecule is CCN(CC)c1nc(NC)nc(NC2C(C)(C)C2(C)C)n1. The maximum atomic E-state index is 4.59. The summed E-state index contributed by atoms with van der Waals surface area (Å²) in [4.78, 5) is 15.6. The maximum Gasteiger partial charge on any atom is 0.231 e. The van der Waals surface area contributed by atoms with E-state index < -0.39 is 0 Å². The van der Waals surface area contributed by atoms with Crippen LogP contribution in [0.15, 0.2) is 0 Å². The van der Waals surface area contributed by atoms with Crippen LogP contribution in [0.1, 0.15) is 41.5 Å². The van der Waals surface area contributed by atoms with Gasteiger partial charge < -0.3 is 15.5 Å². The average Bonchev–Trinajstić information content (AvgIpc) is 2.82. The second-order valence-electron chi connectivity index (χ2n) is 6.73. The zero-order valence-electron chi connectivity index (χ0n) is 14.3. The van der Waals surface area contributed by atoms with E-state index in [0.29, 0.717) is 17.9 Å². The first-order chi connectivity index (χ1) is 9.77. The molecule has 0 aliphatic heterocycles. The molecule has 1 aromatic rings. The Morgan fingerprint density at radius 2 is 1.48 bits per heavy atom. The molecule has 0 atom stereocenters. The highest BCUT2D eigenvalue weighted by molar-refractivity contribution is 5.46. The molecule has 0 spiro atoms. The highest BCUT2D eigenvalue weighted by Gasteiger charge is 2.65. The summed E-state index contributed by atoms with van der Waals surface area (Å²) in [5.74, 6) is 1.98. The first kappa shape index (κ1) is 15.8. The monoisotopic (exact) mass is 292 g/mol. The molecule has 118 valence electrons. The lowest BCUT2D eigenvalue weighted by Gasteiger charge is -2.19. The third kappa shape index (κ3) is 2.63. The van der Waals surface area contributed by atoms with Crippen LogP contribution in [0.3, 0.4) is 0 Å². The summed E-state index contributed by atoms with van der Waals surface area (Å²) in [6.07, 6.45) is 0. The number of hydrogen-bond donors (Lipinski definition) is 2. The van der Waals surface area contributed by atoms with E-state index in [2.05, 4.69) is 72.0 Å². The Labute approximate surface area is 127 Å². The van der Waals surface area contributed by atoms with Gasteiger partial charge in [-0.2, -0.15) is 15.0 Å². The molecule has 2 N–H and O–H groups in total. The van der Waals surface area contributed by atoms with Crippen LogP contribution in [0, 0.1) is 10.8 Å². The van der Waals surface area contributed by atoms with Gasteiger partial charge in [0.15, 0.2) is 0 Å². The molecule has 6 heteroatoms. The molecule has 1 saturated carbocycles. The Hall–Kier alpha value is -1.59. The zero-order valence-corrected chi connectivity index (χ0v) is 14.3. The Morgan fingerprint density at radius 3 is 1.90 bits per heavy atom. The van der Waals surface area contributed by atoms with Crippen LogP contribution in [0.2, 0.25) is 0 Å². The summed E-state index contributed by atoms with van der Waals surface area (Å²) in [6.45, 7) is 15.1. The van der Waals surface area contributed by atoms with Gasteiger partial charge in [-0.1, -0.05) is 27.7 Å². The minimum atomic E-state index is 0.245. The Morgan fingerprint density at radius 1 is 0.952 bits per heavy atom. The second kappa shape index (κ2) is 5.31. The molecule has 0 radical (unpaired) electrons. The molecule has 1 heterocycles. The average molecular weight is 292 g/mol. The fourth-order valence-corrected chi connectivity index (χ4v) is 2.88. The van der Waals surface area contributed by atoms with Crippen LogP contribution in [0.4, 0.5) is 17.8 Å². The van der Waals surface area contributed by atoms with Gasteiger partial charge in [0.1, 0.15) is 0 Å². The fraction of sp³-hybridized carbons (Fsp3) is 0.800. The van der Waals surface area contributed by atoms with E-state index in [4.69, 9.17) is 0 Å². The third-order valence-corrected chi connectivity index (χ3v) is 5.19. The van der Waals surface area contributed by atoms with Gasteiger partial charge in [0, 0.05) is 26.2 Å². The van der Waals surface area contributed by atoms with Crippen molar-refractivity contribution in [2.75, 3.05) is 35.7 Å². The lowest BCUT2D eigenvalue weighted by atomic mass is 10.0. The van der Waals surface area contributed by atoms with Crippen LogP contribution in [-0.4, -0.2) is 41.1 Å². The van der Waals surface area contributed by atoms with E-state index in [-0.39, 0.29) is 10.8 Å². The fourth-order valence-electron chi connectivity index (χ4n) is 2.88. The van der Waals surface area contributed by atoms with Gasteiger partial charge in [-0.3, -0.25) is 0 Å². The van der Waals surface area contributed by atoms with Gasteiger partial charge in [-0.25, -0.2) is 0 Å². The summed E-state index contributed by atoms with van der Waals surface area (Å²) in [6, 6.07) is 0.377. The van der Waals surface area contributed by atoms with Crippen LogP contribution in [-0.2, 0) is 0 Å². The minimum Gasteiger partial charge on any atom is -0.357 e. The van der Waals surface area contributed by atoms with Gasteiger partial charge in [-0.05, 0) is 24.7 Å². The smallest absolute Gasteiger partial charge is 0.231 e. The van der Waals surface area contributed by atoms with Gasteiger partial charge in [0.05, 0.1) is 0 Å². The van der Waals surface area contributed by atoms with Crippen molar-refractivity contribution in [1.29, 1.82) is 0 Å². The van der Waals surface area contributed by atoms with Crippen molar-refractivity contribution in [3.63, 3.8) is 0 Å². The molecule has 6 nitrogen and oxygen atoms in total. The van der Waals surface area contributed by atoms with Crippen molar-refractivity contribution in [3.05, 3.63) is 0 Å². The number of anilines is 3. The summed E-state index contributed by atoms with van der Waals surface area (Å²) in [7, 11) is 1.83. The third-order valence-electron chi connectivity index (χ3n) is 5.19. The second-order valence-corrected chi connectivity index (χ2v) is 6.73. The maximum absolute atomic E-state index is 4.59. The Bertz CT molecular complexity index is 493. The van der Waals surface area contributed by atoms with E-state index in [0.717, 1.165) is 19.0 Å². The predicted octanol–water partition coefficient (Wildman–Crippen LogP) is 2.61. The molecule has 0 bridgehead atoms. The highest BCUT2D eigenvalue weighted by atomic mass is 15.3. The molecule has 1 aliphatic rings. The van der Waals surface area contributed by atoms with E-state index in [1.54, 1.807) is 0 Å². The van der Waals surface area contributed by atoms with Gasteiger partial charge in [0.2, 0.25) is 17.8 Å². The lowest BCUT2D eigenvalue weighted by molar-refractivity contribution is 0.457. The first-order valence-electron chi connectivity index (χ1n) is 7.73. The van der Waals surface area contributed by atoms with Crippen molar-refractivity contribution >= 4 is 17.8 Å². The summed E-state index contributed by atoms with van der Waals surface area (Å²) in [5.41, 5.74) is 0.490. The summed E-state index contributed by atoms with van der Waals surface area (Å²) in [5, 5.41) is 6.50. The van der Waals surface area contributed by atoms with Crippen LogP contribution in [0.5, 0.6) is 0 Å². The minimum absolute atomic E-state index is 0.245.